The summed E-state index contributed by atoms with van der Waals surface area (Å²) in [5.41, 5.74) is -0.136. The van der Waals surface area contributed by atoms with Gasteiger partial charge in [0.15, 0.2) is 0 Å². The van der Waals surface area contributed by atoms with Crippen molar-refractivity contribution in [3.8, 4) is 0 Å². The third-order valence-electron chi connectivity index (χ3n) is 8.17. The molecule has 5 rings (SSSR count). The topological polar surface area (TPSA) is 55.8 Å². The Labute approximate surface area is 144 Å². The third-order valence-corrected chi connectivity index (χ3v) is 8.17. The number of hydrogen-bond acceptors (Lipinski definition) is 3. The zero-order valence-corrected chi connectivity index (χ0v) is 15.4. The summed E-state index contributed by atoms with van der Waals surface area (Å²) in [4.78, 5) is 24.3. The highest BCUT2D eigenvalue weighted by Crippen LogP contribution is 2.68. The molecule has 4 nitrogen and oxygen atoms in total. The van der Waals surface area contributed by atoms with Crippen LogP contribution in [0.2, 0.25) is 0 Å². The molecule has 0 radical (unpaired) electrons. The highest BCUT2D eigenvalue weighted by molar-refractivity contribution is 5.75. The lowest BCUT2D eigenvalue weighted by atomic mass is 9.43. The van der Waals surface area contributed by atoms with Crippen LogP contribution in [0.4, 0.5) is 0 Å². The van der Waals surface area contributed by atoms with E-state index in [1.54, 1.807) is 0 Å². The highest BCUT2D eigenvalue weighted by Gasteiger charge is 2.69. The van der Waals surface area contributed by atoms with Gasteiger partial charge in [0.2, 0.25) is 0 Å². The number of fused-ring (bicyclic) bond motifs is 3. The van der Waals surface area contributed by atoms with Crippen LogP contribution in [-0.4, -0.2) is 22.3 Å². The van der Waals surface area contributed by atoms with E-state index >= 15 is 0 Å². The summed E-state index contributed by atoms with van der Waals surface area (Å²) in [6, 6.07) is 0. The summed E-state index contributed by atoms with van der Waals surface area (Å²) >= 11 is 0. The van der Waals surface area contributed by atoms with E-state index in [1.807, 2.05) is 6.92 Å². The Morgan fingerprint density at radius 3 is 2.54 bits per heavy atom. The minimum Gasteiger partial charge on any atom is -0.481 e. The second-order valence-electron chi connectivity index (χ2n) is 9.36. The summed E-state index contributed by atoms with van der Waals surface area (Å²) in [6.45, 7) is 8.60. The maximum absolute atomic E-state index is 12.1. The smallest absolute Gasteiger partial charge is 0.309 e. The molecule has 2 bridgehead atoms. The van der Waals surface area contributed by atoms with E-state index < -0.39 is 17.0 Å². The molecule has 2 aliphatic heterocycles. The molecular weight excluding hydrogens is 304 g/mol. The third kappa shape index (κ3) is 1.74. The Morgan fingerprint density at radius 2 is 1.96 bits per heavy atom. The summed E-state index contributed by atoms with van der Waals surface area (Å²) < 4.78 is 0. The molecule has 1 N–H and O–H groups in total. The molecule has 0 aromatic rings. The van der Waals surface area contributed by atoms with Gasteiger partial charge in [-0.2, -0.15) is 0 Å². The zero-order valence-electron chi connectivity index (χ0n) is 15.4. The van der Waals surface area contributed by atoms with E-state index in [-0.39, 0.29) is 16.9 Å². The Kier molecular flexibility index (Phi) is 3.35. The number of aliphatic carboxylic acids is 1. The van der Waals surface area contributed by atoms with Crippen LogP contribution in [0.5, 0.6) is 0 Å². The predicted octanol–water partition coefficient (Wildman–Crippen LogP) is 4.49. The van der Waals surface area contributed by atoms with Crippen molar-refractivity contribution in [3.63, 3.8) is 0 Å². The summed E-state index contributed by atoms with van der Waals surface area (Å²) in [5, 5.41) is 9.94. The van der Waals surface area contributed by atoms with Crippen LogP contribution in [0.1, 0.15) is 72.6 Å². The Bertz CT molecular complexity index is 599. The molecule has 0 aromatic heterocycles. The van der Waals surface area contributed by atoms with Gasteiger partial charge in [-0.1, -0.05) is 27.2 Å². The highest BCUT2D eigenvalue weighted by atomic mass is 17.2. The molecule has 24 heavy (non-hydrogen) atoms. The molecule has 5 aliphatic rings. The number of carboxylic acid groups (broad SMARTS) is 1. The molecule has 4 heteroatoms. The molecule has 3 aliphatic carbocycles. The number of carboxylic acids is 1. The molecule has 134 valence electrons. The van der Waals surface area contributed by atoms with Gasteiger partial charge in [0.05, 0.1) is 5.41 Å². The van der Waals surface area contributed by atoms with Crippen molar-refractivity contribution in [2.75, 3.05) is 0 Å². The first-order chi connectivity index (χ1) is 11.2. The standard InChI is InChI=1S/C20H30O4/c1-13(2)19-10-11-20(24-23-19)14(12-19)6-7-15-17(3,16(21)22)8-5-9-18(15,20)4/h12-13,15H,5-11H2,1-4H3,(H,21,22)/t15-,17-,18-,19+,20-/m0/s1. The van der Waals surface area contributed by atoms with Crippen molar-refractivity contribution in [3.05, 3.63) is 11.6 Å². The quantitative estimate of drug-likeness (QED) is 0.597. The van der Waals surface area contributed by atoms with Crippen molar-refractivity contribution in [1.29, 1.82) is 0 Å². The Balaban J connectivity index is 1.81. The fourth-order valence-corrected chi connectivity index (χ4v) is 6.45. The molecule has 0 aromatic carbocycles. The molecule has 3 fully saturated rings. The zero-order chi connectivity index (χ0) is 17.4. The number of rotatable bonds is 2. The van der Waals surface area contributed by atoms with E-state index in [2.05, 4.69) is 26.8 Å². The summed E-state index contributed by atoms with van der Waals surface area (Å²) in [7, 11) is 0. The monoisotopic (exact) mass is 334 g/mol. The number of carbonyl (C=O) groups is 1. The largest absolute Gasteiger partial charge is 0.481 e. The van der Waals surface area contributed by atoms with Gasteiger partial charge < -0.3 is 5.11 Å². The normalized spacial score (nSPS) is 50.2. The van der Waals surface area contributed by atoms with Crippen molar-refractivity contribution < 1.29 is 19.7 Å². The molecule has 0 amide bonds. The maximum Gasteiger partial charge on any atom is 0.309 e. The molecule has 0 unspecified atom stereocenters. The van der Waals surface area contributed by atoms with E-state index in [9.17, 15) is 9.90 Å². The van der Waals surface area contributed by atoms with Crippen LogP contribution in [-0.2, 0) is 14.6 Å². The average molecular weight is 334 g/mol. The van der Waals surface area contributed by atoms with Gasteiger partial charge in [0.25, 0.3) is 0 Å². The van der Waals surface area contributed by atoms with Gasteiger partial charge in [-0.25, -0.2) is 9.78 Å². The maximum atomic E-state index is 12.1. The Morgan fingerprint density at radius 1 is 1.21 bits per heavy atom. The van der Waals surface area contributed by atoms with E-state index in [0.717, 1.165) is 44.9 Å². The average Bonchev–Trinajstić information content (AvgIpc) is 2.55. The lowest BCUT2D eigenvalue weighted by Gasteiger charge is -2.66. The first-order valence-electron chi connectivity index (χ1n) is 9.53. The fraction of sp³-hybridized carbons (Fsp3) is 0.850. The van der Waals surface area contributed by atoms with E-state index in [4.69, 9.17) is 9.78 Å². The van der Waals surface area contributed by atoms with Crippen LogP contribution in [0, 0.1) is 22.7 Å². The van der Waals surface area contributed by atoms with E-state index in [0.29, 0.717) is 5.92 Å². The van der Waals surface area contributed by atoms with Crippen molar-refractivity contribution >= 4 is 5.97 Å². The second-order valence-corrected chi connectivity index (χ2v) is 9.36. The number of hydrogen-bond donors (Lipinski definition) is 1. The molecule has 2 saturated carbocycles. The van der Waals surface area contributed by atoms with Gasteiger partial charge in [0, 0.05) is 5.41 Å². The molecule has 5 atom stereocenters. The van der Waals surface area contributed by atoms with Crippen molar-refractivity contribution in [1.82, 2.24) is 0 Å². The molecule has 1 spiro atoms. The van der Waals surface area contributed by atoms with Crippen LogP contribution < -0.4 is 0 Å². The minimum atomic E-state index is -0.652. The first-order valence-corrected chi connectivity index (χ1v) is 9.53. The fourth-order valence-electron chi connectivity index (χ4n) is 6.45. The van der Waals surface area contributed by atoms with Gasteiger partial charge in [-0.15, -0.1) is 0 Å². The molecule has 2 heterocycles. The first kappa shape index (κ1) is 16.6. The van der Waals surface area contributed by atoms with Crippen LogP contribution in [0.3, 0.4) is 0 Å². The SMILES string of the molecule is CC(C)[C@]12C=C3CC[C@@H]4[C@](C)(CCC[C@]4(C)C(=O)O)[C@@]3(CC1)OO2. The minimum absolute atomic E-state index is 0.140. The van der Waals surface area contributed by atoms with Gasteiger partial charge in [-0.3, -0.25) is 4.79 Å². The van der Waals surface area contributed by atoms with Gasteiger partial charge in [-0.05, 0) is 68.9 Å². The van der Waals surface area contributed by atoms with Gasteiger partial charge >= 0.3 is 5.97 Å². The second kappa shape index (κ2) is 4.85. The van der Waals surface area contributed by atoms with Crippen molar-refractivity contribution in [2.24, 2.45) is 22.7 Å². The molecular formula is C20H30O4. The Hall–Kier alpha value is -0.870. The van der Waals surface area contributed by atoms with Gasteiger partial charge in [0.1, 0.15) is 11.2 Å². The summed E-state index contributed by atoms with van der Waals surface area (Å²) in [6.07, 6.45) is 8.91. The molecule has 1 saturated heterocycles. The van der Waals surface area contributed by atoms with Crippen LogP contribution in [0.15, 0.2) is 11.6 Å². The lowest BCUT2D eigenvalue weighted by Crippen LogP contribution is -2.68. The van der Waals surface area contributed by atoms with E-state index in [1.165, 1.54) is 5.57 Å². The summed E-state index contributed by atoms with van der Waals surface area (Å²) in [5.74, 6) is -0.127. The van der Waals surface area contributed by atoms with Crippen molar-refractivity contribution in [2.45, 2.75) is 83.8 Å². The predicted molar refractivity (Wildman–Crippen MR) is 90.2 cm³/mol. The lowest BCUT2D eigenvalue weighted by molar-refractivity contribution is -0.465. The van der Waals surface area contributed by atoms with Crippen LogP contribution >= 0.6 is 0 Å². The van der Waals surface area contributed by atoms with Crippen LogP contribution in [0.25, 0.3) is 0 Å².